The lowest BCUT2D eigenvalue weighted by Crippen LogP contribution is -2.10. The van der Waals surface area contributed by atoms with Gasteiger partial charge in [0.05, 0.1) is 12.2 Å². The molecule has 0 aliphatic heterocycles. The molecular formula is C19H18O4. The zero-order valence-corrected chi connectivity index (χ0v) is 13.2. The fraction of sp³-hybridized carbons (Fsp3) is 0.158. The average molecular weight is 310 g/mol. The molecule has 0 fully saturated rings. The van der Waals surface area contributed by atoms with E-state index in [1.54, 1.807) is 49.4 Å². The van der Waals surface area contributed by atoms with Gasteiger partial charge in [-0.05, 0) is 26.0 Å². The van der Waals surface area contributed by atoms with E-state index >= 15 is 0 Å². The van der Waals surface area contributed by atoms with E-state index in [1.807, 2.05) is 13.0 Å². The Morgan fingerprint density at radius 3 is 2.39 bits per heavy atom. The third-order valence-corrected chi connectivity index (χ3v) is 3.09. The Morgan fingerprint density at radius 1 is 1.09 bits per heavy atom. The molecule has 0 aliphatic carbocycles. The highest BCUT2D eigenvalue weighted by Gasteiger charge is 2.16. The number of hydrogen-bond donors (Lipinski definition) is 0. The van der Waals surface area contributed by atoms with Gasteiger partial charge >= 0.3 is 5.97 Å². The molecule has 0 saturated carbocycles. The van der Waals surface area contributed by atoms with Crippen molar-refractivity contribution in [2.45, 2.75) is 13.8 Å². The summed E-state index contributed by atoms with van der Waals surface area (Å²) in [6.45, 7) is 7.32. The summed E-state index contributed by atoms with van der Waals surface area (Å²) in [6, 6.07) is 13.6. The molecule has 0 amide bonds. The van der Waals surface area contributed by atoms with Gasteiger partial charge in [0.25, 0.3) is 0 Å². The minimum Gasteiger partial charge on any atom is -0.493 e. The molecule has 0 spiro atoms. The molecule has 2 aromatic rings. The molecule has 118 valence electrons. The first kappa shape index (κ1) is 16.5. The summed E-state index contributed by atoms with van der Waals surface area (Å²) < 4.78 is 10.7. The summed E-state index contributed by atoms with van der Waals surface area (Å²) in [5, 5.41) is 0. The van der Waals surface area contributed by atoms with Crippen LogP contribution in [-0.2, 0) is 4.79 Å². The van der Waals surface area contributed by atoms with Gasteiger partial charge in [-0.25, -0.2) is 4.79 Å². The lowest BCUT2D eigenvalue weighted by molar-refractivity contribution is -0.130. The lowest BCUT2D eigenvalue weighted by Gasteiger charge is -2.12. The summed E-state index contributed by atoms with van der Waals surface area (Å²) in [6.07, 6.45) is 0. The van der Waals surface area contributed by atoms with Gasteiger partial charge in [0.15, 0.2) is 5.78 Å². The first-order chi connectivity index (χ1) is 11.0. The van der Waals surface area contributed by atoms with Crippen molar-refractivity contribution in [1.82, 2.24) is 0 Å². The predicted molar refractivity (Wildman–Crippen MR) is 87.9 cm³/mol. The van der Waals surface area contributed by atoms with Crippen LogP contribution in [0.3, 0.4) is 0 Å². The van der Waals surface area contributed by atoms with Crippen LogP contribution >= 0.6 is 0 Å². The number of esters is 1. The van der Waals surface area contributed by atoms with Crippen molar-refractivity contribution in [3.63, 3.8) is 0 Å². The van der Waals surface area contributed by atoms with Crippen LogP contribution in [0.2, 0.25) is 0 Å². The lowest BCUT2D eigenvalue weighted by atomic mass is 10.0. The number of ether oxygens (including phenoxy) is 2. The molecule has 2 aromatic carbocycles. The van der Waals surface area contributed by atoms with Crippen LogP contribution in [0, 0.1) is 0 Å². The first-order valence-corrected chi connectivity index (χ1v) is 7.27. The molecule has 2 rings (SSSR count). The van der Waals surface area contributed by atoms with Crippen molar-refractivity contribution in [2.75, 3.05) is 6.61 Å². The highest BCUT2D eigenvalue weighted by molar-refractivity contribution is 6.10. The SMILES string of the molecule is C=C(C)C(=O)Oc1ccc(C(=O)c2ccccc2)c(OCC)c1. The third-order valence-electron chi connectivity index (χ3n) is 3.09. The Bertz CT molecular complexity index is 732. The van der Waals surface area contributed by atoms with Gasteiger partial charge in [0.2, 0.25) is 0 Å². The number of benzene rings is 2. The van der Waals surface area contributed by atoms with Crippen molar-refractivity contribution in [3.05, 3.63) is 71.8 Å². The number of hydrogen-bond acceptors (Lipinski definition) is 4. The molecule has 0 bridgehead atoms. The smallest absolute Gasteiger partial charge is 0.338 e. The largest absolute Gasteiger partial charge is 0.493 e. The summed E-state index contributed by atoms with van der Waals surface area (Å²) in [7, 11) is 0. The zero-order chi connectivity index (χ0) is 16.8. The second kappa shape index (κ2) is 7.40. The monoisotopic (exact) mass is 310 g/mol. The zero-order valence-electron chi connectivity index (χ0n) is 13.2. The summed E-state index contributed by atoms with van der Waals surface area (Å²) in [5.74, 6) is 0.0286. The van der Waals surface area contributed by atoms with E-state index in [0.717, 1.165) is 0 Å². The van der Waals surface area contributed by atoms with Gasteiger partial charge < -0.3 is 9.47 Å². The van der Waals surface area contributed by atoms with E-state index in [2.05, 4.69) is 6.58 Å². The molecule has 0 unspecified atom stereocenters. The maximum absolute atomic E-state index is 12.6. The van der Waals surface area contributed by atoms with Crippen molar-refractivity contribution in [2.24, 2.45) is 0 Å². The average Bonchev–Trinajstić information content (AvgIpc) is 2.55. The van der Waals surface area contributed by atoms with E-state index in [4.69, 9.17) is 9.47 Å². The number of carbonyl (C=O) groups is 2. The van der Waals surface area contributed by atoms with Crippen molar-refractivity contribution < 1.29 is 19.1 Å². The van der Waals surface area contributed by atoms with E-state index in [0.29, 0.717) is 34.8 Å². The molecule has 23 heavy (non-hydrogen) atoms. The summed E-state index contributed by atoms with van der Waals surface area (Å²) in [4.78, 5) is 24.2. The molecule has 0 N–H and O–H groups in total. The van der Waals surface area contributed by atoms with E-state index in [1.165, 1.54) is 0 Å². The molecule has 0 saturated heterocycles. The molecule has 0 atom stereocenters. The molecule has 0 aliphatic rings. The summed E-state index contributed by atoms with van der Waals surface area (Å²) in [5.41, 5.74) is 1.29. The van der Waals surface area contributed by atoms with Gasteiger partial charge in [-0.2, -0.15) is 0 Å². The molecule has 0 radical (unpaired) electrons. The Labute approximate surface area is 135 Å². The number of carbonyl (C=O) groups excluding carboxylic acids is 2. The molecule has 4 heteroatoms. The summed E-state index contributed by atoms with van der Waals surface area (Å²) >= 11 is 0. The Balaban J connectivity index is 2.35. The van der Waals surface area contributed by atoms with Crippen LogP contribution in [0.15, 0.2) is 60.7 Å². The highest BCUT2D eigenvalue weighted by Crippen LogP contribution is 2.27. The van der Waals surface area contributed by atoms with Gasteiger partial charge in [0, 0.05) is 17.2 Å². The van der Waals surface area contributed by atoms with Crippen molar-refractivity contribution >= 4 is 11.8 Å². The normalized spacial score (nSPS) is 10.0. The highest BCUT2D eigenvalue weighted by atomic mass is 16.5. The Kier molecular flexibility index (Phi) is 5.31. The van der Waals surface area contributed by atoms with Crippen molar-refractivity contribution in [3.8, 4) is 11.5 Å². The Hall–Kier alpha value is -2.88. The maximum Gasteiger partial charge on any atom is 0.338 e. The topological polar surface area (TPSA) is 52.6 Å². The van der Waals surface area contributed by atoms with Crippen LogP contribution in [0.1, 0.15) is 29.8 Å². The predicted octanol–water partition coefficient (Wildman–Crippen LogP) is 3.80. The maximum atomic E-state index is 12.6. The minimum atomic E-state index is -0.519. The third kappa shape index (κ3) is 4.07. The van der Waals surface area contributed by atoms with Gasteiger partial charge in [-0.3, -0.25) is 4.79 Å². The quantitative estimate of drug-likeness (QED) is 0.352. The fourth-order valence-corrected chi connectivity index (χ4v) is 1.97. The van der Waals surface area contributed by atoms with E-state index in [-0.39, 0.29) is 5.78 Å². The number of rotatable bonds is 6. The standard InChI is InChI=1S/C19H18O4/c1-4-22-17-12-15(23-19(21)13(2)3)10-11-16(17)18(20)14-8-6-5-7-9-14/h5-12H,2,4H2,1,3H3. The number of ketones is 1. The second-order valence-electron chi connectivity index (χ2n) is 4.96. The van der Waals surface area contributed by atoms with Gasteiger partial charge in [-0.15, -0.1) is 0 Å². The first-order valence-electron chi connectivity index (χ1n) is 7.27. The van der Waals surface area contributed by atoms with Crippen LogP contribution in [0.4, 0.5) is 0 Å². The van der Waals surface area contributed by atoms with Gasteiger partial charge in [-0.1, -0.05) is 36.9 Å². The van der Waals surface area contributed by atoms with Crippen LogP contribution in [0.25, 0.3) is 0 Å². The fourth-order valence-electron chi connectivity index (χ4n) is 1.97. The van der Waals surface area contributed by atoms with Gasteiger partial charge in [0.1, 0.15) is 11.5 Å². The minimum absolute atomic E-state index is 0.146. The second-order valence-corrected chi connectivity index (χ2v) is 4.96. The van der Waals surface area contributed by atoms with Crippen LogP contribution < -0.4 is 9.47 Å². The van der Waals surface area contributed by atoms with E-state index < -0.39 is 5.97 Å². The molecule has 4 nitrogen and oxygen atoms in total. The van der Waals surface area contributed by atoms with Crippen molar-refractivity contribution in [1.29, 1.82) is 0 Å². The Morgan fingerprint density at radius 2 is 1.78 bits per heavy atom. The molecule has 0 aromatic heterocycles. The molecule has 0 heterocycles. The van der Waals surface area contributed by atoms with E-state index in [9.17, 15) is 9.59 Å². The molecular weight excluding hydrogens is 292 g/mol. The van der Waals surface area contributed by atoms with Crippen LogP contribution in [0.5, 0.6) is 11.5 Å². The van der Waals surface area contributed by atoms with Crippen LogP contribution in [-0.4, -0.2) is 18.4 Å².